The molecule has 0 spiro atoms. The third-order valence-electron chi connectivity index (χ3n) is 3.99. The largest absolute Gasteiger partial charge is 0.493 e. The second kappa shape index (κ2) is 6.66. The Morgan fingerprint density at radius 1 is 1.38 bits per heavy atom. The fraction of sp³-hybridized carbons (Fsp3) is 0.600. The van der Waals surface area contributed by atoms with Crippen LogP contribution in [0.4, 0.5) is 13.2 Å². The molecular formula is C15H21F3N2O. The molecule has 6 heteroatoms. The monoisotopic (exact) mass is 302 g/mol. The Kier molecular flexibility index (Phi) is 5.11. The van der Waals surface area contributed by atoms with Crippen molar-refractivity contribution in [3.05, 3.63) is 29.3 Å². The summed E-state index contributed by atoms with van der Waals surface area (Å²) in [6, 6.07) is 3.97. The number of nitrogens with zero attached hydrogens (tertiary/aromatic N) is 1. The molecule has 1 aromatic rings. The average Bonchev–Trinajstić information content (AvgIpc) is 2.83. The van der Waals surface area contributed by atoms with E-state index in [9.17, 15) is 13.2 Å². The highest BCUT2D eigenvalue weighted by atomic mass is 19.4. The van der Waals surface area contributed by atoms with Crippen LogP contribution in [0.5, 0.6) is 5.75 Å². The van der Waals surface area contributed by atoms with Crippen molar-refractivity contribution < 1.29 is 17.9 Å². The predicted molar refractivity (Wildman–Crippen MR) is 75.1 cm³/mol. The van der Waals surface area contributed by atoms with Gasteiger partial charge >= 0.3 is 6.18 Å². The van der Waals surface area contributed by atoms with E-state index in [1.54, 1.807) is 0 Å². The van der Waals surface area contributed by atoms with Gasteiger partial charge in [0.05, 0.1) is 12.2 Å². The van der Waals surface area contributed by atoms with Crippen LogP contribution in [0.15, 0.2) is 18.2 Å². The van der Waals surface area contributed by atoms with E-state index >= 15 is 0 Å². The highest BCUT2D eigenvalue weighted by Crippen LogP contribution is 2.32. The number of hydrogen-bond donors (Lipinski definition) is 1. The summed E-state index contributed by atoms with van der Waals surface area (Å²) < 4.78 is 43.6. The van der Waals surface area contributed by atoms with E-state index < -0.39 is 11.7 Å². The molecule has 0 amide bonds. The number of nitrogens with two attached hydrogens (primary N) is 1. The number of ether oxygens (including phenoxy) is 1. The lowest BCUT2D eigenvalue weighted by atomic mass is 10.1. The standard InChI is InChI=1S/C15H21F3N2O/c1-20-7-2-3-13(20)6-8-21-14-5-4-12(15(16,17)18)9-11(14)10-19/h4-5,9,13H,2-3,6-8,10,19H2,1H3. The van der Waals surface area contributed by atoms with Crippen molar-refractivity contribution in [1.29, 1.82) is 0 Å². The Labute approximate surface area is 122 Å². The molecule has 1 heterocycles. The van der Waals surface area contributed by atoms with Gasteiger partial charge in [0.1, 0.15) is 5.75 Å². The molecule has 1 aliphatic rings. The van der Waals surface area contributed by atoms with Gasteiger partial charge in [-0.05, 0) is 51.1 Å². The molecule has 0 radical (unpaired) electrons. The van der Waals surface area contributed by atoms with Gasteiger partial charge in [0.2, 0.25) is 0 Å². The first-order valence-electron chi connectivity index (χ1n) is 7.15. The van der Waals surface area contributed by atoms with Crippen LogP contribution in [-0.4, -0.2) is 31.1 Å². The summed E-state index contributed by atoms with van der Waals surface area (Å²) in [4.78, 5) is 2.29. The maximum Gasteiger partial charge on any atom is 0.416 e. The number of likely N-dealkylation sites (tertiary alicyclic amines) is 1. The quantitative estimate of drug-likeness (QED) is 0.908. The molecule has 1 atom stereocenters. The van der Waals surface area contributed by atoms with Gasteiger partial charge < -0.3 is 15.4 Å². The van der Waals surface area contributed by atoms with E-state index in [1.807, 2.05) is 0 Å². The van der Waals surface area contributed by atoms with Crippen LogP contribution in [-0.2, 0) is 12.7 Å². The first kappa shape index (κ1) is 16.1. The predicted octanol–water partition coefficient (Wildman–Crippen LogP) is 3.03. The van der Waals surface area contributed by atoms with Crippen molar-refractivity contribution in [1.82, 2.24) is 4.90 Å². The van der Waals surface area contributed by atoms with Crippen molar-refractivity contribution >= 4 is 0 Å². The Hall–Kier alpha value is -1.27. The van der Waals surface area contributed by atoms with Crippen LogP contribution in [0, 0.1) is 0 Å². The smallest absolute Gasteiger partial charge is 0.416 e. The van der Waals surface area contributed by atoms with Crippen molar-refractivity contribution in [2.24, 2.45) is 5.73 Å². The zero-order valence-electron chi connectivity index (χ0n) is 12.1. The van der Waals surface area contributed by atoms with Crippen LogP contribution in [0.2, 0.25) is 0 Å². The Bertz CT molecular complexity index is 476. The molecule has 0 saturated carbocycles. The zero-order chi connectivity index (χ0) is 15.5. The average molecular weight is 302 g/mol. The molecule has 1 unspecified atom stereocenters. The molecule has 1 saturated heterocycles. The van der Waals surface area contributed by atoms with Crippen LogP contribution < -0.4 is 10.5 Å². The molecule has 3 nitrogen and oxygen atoms in total. The Morgan fingerprint density at radius 2 is 2.14 bits per heavy atom. The fourth-order valence-corrected chi connectivity index (χ4v) is 2.71. The van der Waals surface area contributed by atoms with Crippen LogP contribution >= 0.6 is 0 Å². The normalized spacial score (nSPS) is 20.0. The molecule has 0 aliphatic carbocycles. The van der Waals surface area contributed by atoms with Crippen molar-refractivity contribution in [2.45, 2.75) is 38.0 Å². The summed E-state index contributed by atoms with van der Waals surface area (Å²) in [7, 11) is 2.08. The fourth-order valence-electron chi connectivity index (χ4n) is 2.71. The van der Waals surface area contributed by atoms with Gasteiger partial charge in [0, 0.05) is 18.2 Å². The molecule has 0 aromatic heterocycles. The summed E-state index contributed by atoms with van der Waals surface area (Å²) in [5.41, 5.74) is 5.23. The van der Waals surface area contributed by atoms with Crippen LogP contribution in [0.3, 0.4) is 0 Å². The minimum absolute atomic E-state index is 0.0303. The van der Waals surface area contributed by atoms with Crippen LogP contribution in [0.1, 0.15) is 30.4 Å². The molecule has 118 valence electrons. The SMILES string of the molecule is CN1CCCC1CCOc1ccc(C(F)(F)F)cc1CN. The van der Waals surface area contributed by atoms with E-state index in [2.05, 4.69) is 11.9 Å². The molecular weight excluding hydrogens is 281 g/mol. The van der Waals surface area contributed by atoms with Gasteiger partial charge in [0.15, 0.2) is 0 Å². The summed E-state index contributed by atoms with van der Waals surface area (Å²) in [6.07, 6.45) is -1.14. The lowest BCUT2D eigenvalue weighted by Gasteiger charge is -2.20. The number of alkyl halides is 3. The highest BCUT2D eigenvalue weighted by Gasteiger charge is 2.31. The molecule has 0 bridgehead atoms. The maximum absolute atomic E-state index is 12.6. The number of halogens is 3. The third-order valence-corrected chi connectivity index (χ3v) is 3.99. The maximum atomic E-state index is 12.6. The van der Waals surface area contributed by atoms with Gasteiger partial charge in [-0.3, -0.25) is 0 Å². The second-order valence-corrected chi connectivity index (χ2v) is 5.44. The lowest BCUT2D eigenvalue weighted by molar-refractivity contribution is -0.137. The first-order chi connectivity index (χ1) is 9.91. The molecule has 1 fully saturated rings. The van der Waals surface area contributed by atoms with E-state index in [-0.39, 0.29) is 6.54 Å². The van der Waals surface area contributed by atoms with Crippen LogP contribution in [0.25, 0.3) is 0 Å². The van der Waals surface area contributed by atoms with Crippen molar-refractivity contribution in [3.8, 4) is 5.75 Å². The van der Waals surface area contributed by atoms with E-state index in [1.165, 1.54) is 12.5 Å². The third kappa shape index (κ3) is 4.11. The second-order valence-electron chi connectivity index (χ2n) is 5.44. The van der Waals surface area contributed by atoms with E-state index in [4.69, 9.17) is 10.5 Å². The summed E-state index contributed by atoms with van der Waals surface area (Å²) in [5.74, 6) is 0.450. The first-order valence-corrected chi connectivity index (χ1v) is 7.15. The minimum atomic E-state index is -4.35. The van der Waals surface area contributed by atoms with E-state index in [0.29, 0.717) is 24.0 Å². The Morgan fingerprint density at radius 3 is 2.71 bits per heavy atom. The van der Waals surface area contributed by atoms with Gasteiger partial charge in [0.25, 0.3) is 0 Å². The minimum Gasteiger partial charge on any atom is -0.493 e. The molecule has 1 aliphatic heterocycles. The van der Waals surface area contributed by atoms with Gasteiger partial charge in [-0.1, -0.05) is 0 Å². The summed E-state index contributed by atoms with van der Waals surface area (Å²) >= 11 is 0. The number of rotatable bonds is 5. The lowest BCUT2D eigenvalue weighted by Crippen LogP contribution is -2.26. The molecule has 2 rings (SSSR count). The topological polar surface area (TPSA) is 38.5 Å². The van der Waals surface area contributed by atoms with E-state index in [0.717, 1.165) is 31.5 Å². The number of benzene rings is 1. The molecule has 2 N–H and O–H groups in total. The highest BCUT2D eigenvalue weighted by molar-refractivity contribution is 5.38. The van der Waals surface area contributed by atoms with Gasteiger partial charge in [-0.25, -0.2) is 0 Å². The van der Waals surface area contributed by atoms with Gasteiger partial charge in [-0.15, -0.1) is 0 Å². The zero-order valence-corrected chi connectivity index (χ0v) is 12.1. The number of hydrogen-bond acceptors (Lipinski definition) is 3. The molecule has 1 aromatic carbocycles. The summed E-state index contributed by atoms with van der Waals surface area (Å²) in [5, 5.41) is 0. The Balaban J connectivity index is 1.96. The summed E-state index contributed by atoms with van der Waals surface area (Å²) in [6.45, 7) is 1.62. The molecule has 21 heavy (non-hydrogen) atoms. The van der Waals surface area contributed by atoms with Crippen molar-refractivity contribution in [2.75, 3.05) is 20.2 Å². The van der Waals surface area contributed by atoms with Crippen molar-refractivity contribution in [3.63, 3.8) is 0 Å². The van der Waals surface area contributed by atoms with Gasteiger partial charge in [-0.2, -0.15) is 13.2 Å².